The van der Waals surface area contributed by atoms with E-state index < -0.39 is 0 Å². The number of furan rings is 1. The molecule has 2 nitrogen and oxygen atoms in total. The Morgan fingerprint density at radius 3 is 2.60 bits per heavy atom. The fourth-order valence-corrected chi connectivity index (χ4v) is 2.10. The molecule has 0 radical (unpaired) electrons. The van der Waals surface area contributed by atoms with Gasteiger partial charge in [0.05, 0.1) is 6.04 Å². The minimum Gasteiger partial charge on any atom is -0.464 e. The summed E-state index contributed by atoms with van der Waals surface area (Å²) < 4.78 is 5.58. The maximum atomic E-state index is 6.06. The molecule has 0 aliphatic carbocycles. The summed E-state index contributed by atoms with van der Waals surface area (Å²) in [6, 6.07) is 5.92. The van der Waals surface area contributed by atoms with Gasteiger partial charge in [0.25, 0.3) is 0 Å². The Morgan fingerprint density at radius 1 is 1.40 bits per heavy atom. The van der Waals surface area contributed by atoms with E-state index in [1.165, 1.54) is 0 Å². The van der Waals surface area contributed by atoms with E-state index in [-0.39, 0.29) is 18.4 Å². The lowest BCUT2D eigenvalue weighted by Gasteiger charge is -2.04. The van der Waals surface area contributed by atoms with Crippen molar-refractivity contribution in [1.82, 2.24) is 0 Å². The van der Waals surface area contributed by atoms with E-state index in [9.17, 15) is 0 Å². The minimum absolute atomic E-state index is 0. The molecule has 0 saturated carbocycles. The van der Waals surface area contributed by atoms with Crippen LogP contribution in [0.1, 0.15) is 28.0 Å². The fourth-order valence-electron chi connectivity index (χ4n) is 1.36. The van der Waals surface area contributed by atoms with Gasteiger partial charge < -0.3 is 10.2 Å². The first-order valence-corrected chi connectivity index (χ1v) is 5.42. The molecular formula is C11H14ClNOS. The van der Waals surface area contributed by atoms with Crippen LogP contribution in [0.3, 0.4) is 0 Å². The monoisotopic (exact) mass is 243 g/mol. The van der Waals surface area contributed by atoms with E-state index in [0.717, 1.165) is 22.0 Å². The summed E-state index contributed by atoms with van der Waals surface area (Å²) in [6.07, 6.45) is 0. The van der Waals surface area contributed by atoms with Crippen LogP contribution in [0.4, 0.5) is 0 Å². The molecule has 2 N–H and O–H groups in total. The molecule has 0 saturated heterocycles. The average Bonchev–Trinajstić information content (AvgIpc) is 2.76. The molecule has 2 aromatic heterocycles. The van der Waals surface area contributed by atoms with Crippen molar-refractivity contribution in [3.05, 3.63) is 45.5 Å². The minimum atomic E-state index is -0.123. The van der Waals surface area contributed by atoms with E-state index in [1.54, 1.807) is 11.3 Å². The van der Waals surface area contributed by atoms with Gasteiger partial charge in [-0.25, -0.2) is 0 Å². The maximum absolute atomic E-state index is 6.06. The number of rotatable bonds is 2. The summed E-state index contributed by atoms with van der Waals surface area (Å²) in [5.41, 5.74) is 7.22. The molecule has 2 heterocycles. The third-order valence-corrected chi connectivity index (χ3v) is 3.30. The molecule has 1 atom stereocenters. The van der Waals surface area contributed by atoms with Gasteiger partial charge in [0.1, 0.15) is 11.5 Å². The first kappa shape index (κ1) is 12.3. The molecule has 0 amide bonds. The molecule has 0 unspecified atom stereocenters. The summed E-state index contributed by atoms with van der Waals surface area (Å²) in [4.78, 5) is 1.14. The first-order chi connectivity index (χ1) is 6.68. The SMILES string of the molecule is Cc1cc([C@@H](N)c2cccs2)oc1C.Cl. The van der Waals surface area contributed by atoms with Gasteiger partial charge in [-0.05, 0) is 36.9 Å². The molecule has 4 heteroatoms. The van der Waals surface area contributed by atoms with Crippen molar-refractivity contribution >= 4 is 23.7 Å². The molecule has 15 heavy (non-hydrogen) atoms. The normalized spacial score (nSPS) is 12.2. The smallest absolute Gasteiger partial charge is 0.126 e. The lowest BCUT2D eigenvalue weighted by atomic mass is 10.2. The van der Waals surface area contributed by atoms with Crippen LogP contribution in [-0.2, 0) is 0 Å². The highest BCUT2D eigenvalue weighted by atomic mass is 35.5. The van der Waals surface area contributed by atoms with Crippen molar-refractivity contribution in [3.63, 3.8) is 0 Å². The lowest BCUT2D eigenvalue weighted by Crippen LogP contribution is -2.08. The average molecular weight is 244 g/mol. The molecule has 82 valence electrons. The summed E-state index contributed by atoms with van der Waals surface area (Å²) in [5, 5.41) is 2.03. The predicted molar refractivity (Wildman–Crippen MR) is 65.8 cm³/mol. The van der Waals surface area contributed by atoms with Crippen LogP contribution in [-0.4, -0.2) is 0 Å². The van der Waals surface area contributed by atoms with Crippen molar-refractivity contribution in [2.75, 3.05) is 0 Å². The van der Waals surface area contributed by atoms with E-state index in [0.29, 0.717) is 0 Å². The van der Waals surface area contributed by atoms with Gasteiger partial charge in [-0.2, -0.15) is 0 Å². The largest absolute Gasteiger partial charge is 0.464 e. The number of hydrogen-bond acceptors (Lipinski definition) is 3. The third kappa shape index (κ3) is 2.43. The first-order valence-electron chi connectivity index (χ1n) is 4.54. The topological polar surface area (TPSA) is 39.2 Å². The van der Waals surface area contributed by atoms with Crippen LogP contribution < -0.4 is 5.73 Å². The maximum Gasteiger partial charge on any atom is 0.126 e. The highest BCUT2D eigenvalue weighted by molar-refractivity contribution is 7.10. The molecule has 0 aliphatic rings. The van der Waals surface area contributed by atoms with E-state index >= 15 is 0 Å². The van der Waals surface area contributed by atoms with E-state index in [4.69, 9.17) is 10.2 Å². The molecule has 0 aromatic carbocycles. The number of thiophene rings is 1. The zero-order chi connectivity index (χ0) is 10.1. The van der Waals surface area contributed by atoms with E-state index in [2.05, 4.69) is 0 Å². The van der Waals surface area contributed by atoms with Crippen molar-refractivity contribution < 1.29 is 4.42 Å². The van der Waals surface area contributed by atoms with Gasteiger partial charge in [-0.3, -0.25) is 0 Å². The molecule has 0 bridgehead atoms. The zero-order valence-electron chi connectivity index (χ0n) is 8.69. The van der Waals surface area contributed by atoms with Crippen LogP contribution in [0, 0.1) is 13.8 Å². The van der Waals surface area contributed by atoms with Crippen LogP contribution in [0.5, 0.6) is 0 Å². The fraction of sp³-hybridized carbons (Fsp3) is 0.273. The summed E-state index contributed by atoms with van der Waals surface area (Å²) >= 11 is 1.66. The molecule has 2 aromatic rings. The second kappa shape index (κ2) is 4.84. The van der Waals surface area contributed by atoms with Crippen LogP contribution in [0.25, 0.3) is 0 Å². The van der Waals surface area contributed by atoms with Gasteiger partial charge in [-0.15, -0.1) is 23.7 Å². The van der Waals surface area contributed by atoms with Gasteiger partial charge in [-0.1, -0.05) is 6.07 Å². The van der Waals surface area contributed by atoms with Crippen molar-refractivity contribution in [3.8, 4) is 0 Å². The van der Waals surface area contributed by atoms with Crippen LogP contribution >= 0.6 is 23.7 Å². The molecule has 2 rings (SSSR count). The standard InChI is InChI=1S/C11H13NOS.ClH/c1-7-6-9(13-8(7)2)11(12)10-4-3-5-14-10;/h3-6,11H,12H2,1-2H3;1H/t11-;/m1./s1. The number of nitrogens with two attached hydrogens (primary N) is 1. The van der Waals surface area contributed by atoms with Crippen molar-refractivity contribution in [1.29, 1.82) is 0 Å². The second-order valence-corrected chi connectivity index (χ2v) is 4.36. The number of hydrogen-bond donors (Lipinski definition) is 1. The highest BCUT2D eigenvalue weighted by Crippen LogP contribution is 2.26. The highest BCUT2D eigenvalue weighted by Gasteiger charge is 2.14. The Bertz CT molecular complexity index is 402. The molecule has 0 spiro atoms. The zero-order valence-corrected chi connectivity index (χ0v) is 10.3. The summed E-state index contributed by atoms with van der Waals surface area (Å²) in [6.45, 7) is 3.99. The van der Waals surface area contributed by atoms with Gasteiger partial charge in [0.15, 0.2) is 0 Å². The van der Waals surface area contributed by atoms with E-state index in [1.807, 2.05) is 37.4 Å². The third-order valence-electron chi connectivity index (χ3n) is 2.34. The van der Waals surface area contributed by atoms with Gasteiger partial charge >= 0.3 is 0 Å². The quantitative estimate of drug-likeness (QED) is 0.878. The van der Waals surface area contributed by atoms with Gasteiger partial charge in [0.2, 0.25) is 0 Å². The second-order valence-electron chi connectivity index (χ2n) is 3.38. The Balaban J connectivity index is 0.00000112. The van der Waals surface area contributed by atoms with Crippen molar-refractivity contribution in [2.24, 2.45) is 5.73 Å². The molecule has 0 aliphatic heterocycles. The summed E-state index contributed by atoms with van der Waals surface area (Å²) in [7, 11) is 0. The van der Waals surface area contributed by atoms with Crippen LogP contribution in [0.2, 0.25) is 0 Å². The van der Waals surface area contributed by atoms with Gasteiger partial charge in [0, 0.05) is 4.88 Å². The summed E-state index contributed by atoms with van der Waals surface area (Å²) in [5.74, 6) is 1.80. The Morgan fingerprint density at radius 2 is 2.13 bits per heavy atom. The van der Waals surface area contributed by atoms with Crippen molar-refractivity contribution in [2.45, 2.75) is 19.9 Å². The lowest BCUT2D eigenvalue weighted by molar-refractivity contribution is 0.466. The Labute approximate surface area is 99.5 Å². The predicted octanol–water partition coefficient (Wildman–Crippen LogP) is 3.43. The Hall–Kier alpha value is -0.770. The molecular weight excluding hydrogens is 230 g/mol. The number of aryl methyl sites for hydroxylation is 2. The van der Waals surface area contributed by atoms with Crippen LogP contribution in [0.15, 0.2) is 28.0 Å². The number of halogens is 1. The molecule has 0 fully saturated rings. The Kier molecular flexibility index (Phi) is 3.97.